The van der Waals surface area contributed by atoms with Gasteiger partial charge in [-0.25, -0.2) is 4.79 Å². The molecule has 0 radical (unpaired) electrons. The van der Waals surface area contributed by atoms with E-state index in [4.69, 9.17) is 5.11 Å². The van der Waals surface area contributed by atoms with Gasteiger partial charge < -0.3 is 15.7 Å². The molecule has 0 aliphatic rings. The second-order valence-corrected chi connectivity index (χ2v) is 5.52. The molecule has 0 aliphatic carbocycles. The Morgan fingerprint density at radius 2 is 1.74 bits per heavy atom. The first-order chi connectivity index (χ1) is 8.58. The summed E-state index contributed by atoms with van der Waals surface area (Å²) in [6, 6.07) is -0.386. The summed E-state index contributed by atoms with van der Waals surface area (Å²) in [5.74, 6) is -0.935. The van der Waals surface area contributed by atoms with Crippen LogP contribution in [0.25, 0.3) is 0 Å². The van der Waals surface area contributed by atoms with Crippen molar-refractivity contribution in [2.24, 2.45) is 10.2 Å². The van der Waals surface area contributed by atoms with Gasteiger partial charge in [-0.3, -0.25) is 4.79 Å². The molecule has 1 unspecified atom stereocenters. The number of nitrogens with zero attached hydrogens (tertiary/aromatic N) is 2. The molecule has 0 saturated carbocycles. The summed E-state index contributed by atoms with van der Waals surface area (Å²) < 4.78 is 0. The van der Waals surface area contributed by atoms with E-state index in [1.807, 2.05) is 20.8 Å². The fraction of sp³-hybridized carbons (Fsp3) is 0.833. The zero-order valence-corrected chi connectivity index (χ0v) is 12.3. The number of carboxylic acids is 1. The molecule has 0 bridgehead atoms. The molecule has 0 rings (SSSR count). The van der Waals surface area contributed by atoms with Crippen LogP contribution in [0.4, 0.5) is 4.79 Å². The highest BCUT2D eigenvalue weighted by molar-refractivity contribution is 5.74. The van der Waals surface area contributed by atoms with E-state index >= 15 is 0 Å². The van der Waals surface area contributed by atoms with Crippen LogP contribution in [-0.4, -0.2) is 34.9 Å². The molecule has 0 saturated heterocycles. The topological polar surface area (TPSA) is 103 Å². The fourth-order valence-corrected chi connectivity index (χ4v) is 1.20. The zero-order valence-electron chi connectivity index (χ0n) is 12.3. The van der Waals surface area contributed by atoms with Crippen LogP contribution in [0.2, 0.25) is 0 Å². The van der Waals surface area contributed by atoms with Gasteiger partial charge in [-0.1, -0.05) is 0 Å². The third kappa shape index (κ3) is 8.98. The Balaban J connectivity index is 4.85. The van der Waals surface area contributed by atoms with Gasteiger partial charge in [-0.2, -0.15) is 10.2 Å². The minimum atomic E-state index is -1.02. The SMILES string of the molecule is CCNC(=O)NC(C)(CCC(=O)O)/N=N/C(C)(C)C. The maximum Gasteiger partial charge on any atom is 0.316 e. The van der Waals surface area contributed by atoms with Crippen LogP contribution in [-0.2, 0) is 4.79 Å². The number of carbonyl (C=O) groups excluding carboxylic acids is 1. The van der Waals surface area contributed by atoms with E-state index in [2.05, 4.69) is 20.9 Å². The van der Waals surface area contributed by atoms with E-state index in [0.717, 1.165) is 0 Å². The normalized spacial score (nSPS) is 15.0. The predicted octanol–water partition coefficient (Wildman–Crippen LogP) is 2.14. The van der Waals surface area contributed by atoms with Crippen LogP contribution in [0.15, 0.2) is 10.2 Å². The number of amides is 2. The van der Waals surface area contributed by atoms with Crippen molar-refractivity contribution in [1.82, 2.24) is 10.6 Å². The highest BCUT2D eigenvalue weighted by atomic mass is 16.4. The lowest BCUT2D eigenvalue weighted by molar-refractivity contribution is -0.137. The second-order valence-electron chi connectivity index (χ2n) is 5.52. The van der Waals surface area contributed by atoms with E-state index in [-0.39, 0.29) is 24.4 Å². The Kier molecular flexibility index (Phi) is 6.44. The van der Waals surface area contributed by atoms with E-state index in [0.29, 0.717) is 6.54 Å². The Hall–Kier alpha value is -1.66. The van der Waals surface area contributed by atoms with Gasteiger partial charge in [0.25, 0.3) is 0 Å². The quantitative estimate of drug-likeness (QED) is 0.645. The lowest BCUT2D eigenvalue weighted by atomic mass is 10.1. The van der Waals surface area contributed by atoms with E-state index < -0.39 is 11.6 Å². The molecule has 0 aromatic heterocycles. The van der Waals surface area contributed by atoms with Crippen molar-refractivity contribution < 1.29 is 14.7 Å². The summed E-state index contributed by atoms with van der Waals surface area (Å²) in [6.45, 7) is 9.56. The lowest BCUT2D eigenvalue weighted by Crippen LogP contribution is -2.49. The number of urea groups is 1. The van der Waals surface area contributed by atoms with Crippen molar-refractivity contribution in [3.05, 3.63) is 0 Å². The molecule has 0 aromatic carbocycles. The van der Waals surface area contributed by atoms with Gasteiger partial charge in [-0.05, 0) is 34.6 Å². The van der Waals surface area contributed by atoms with Gasteiger partial charge in [-0.15, -0.1) is 0 Å². The van der Waals surface area contributed by atoms with Gasteiger partial charge in [0.05, 0.1) is 5.54 Å². The van der Waals surface area contributed by atoms with Crippen molar-refractivity contribution in [2.45, 2.75) is 58.7 Å². The Morgan fingerprint density at radius 1 is 1.16 bits per heavy atom. The molecule has 3 N–H and O–H groups in total. The smallest absolute Gasteiger partial charge is 0.316 e. The zero-order chi connectivity index (χ0) is 15.1. The molecule has 0 aliphatic heterocycles. The van der Waals surface area contributed by atoms with Crippen LogP contribution in [0.1, 0.15) is 47.5 Å². The van der Waals surface area contributed by atoms with E-state index in [1.54, 1.807) is 13.8 Å². The Labute approximate surface area is 113 Å². The first kappa shape index (κ1) is 17.3. The molecule has 1 atom stereocenters. The van der Waals surface area contributed by atoms with Crippen molar-refractivity contribution in [1.29, 1.82) is 0 Å². The maximum absolute atomic E-state index is 11.6. The lowest BCUT2D eigenvalue weighted by Gasteiger charge is -2.26. The minimum Gasteiger partial charge on any atom is -0.481 e. The predicted molar refractivity (Wildman–Crippen MR) is 72.1 cm³/mol. The molecule has 0 spiro atoms. The molecule has 110 valence electrons. The van der Waals surface area contributed by atoms with Gasteiger partial charge in [0, 0.05) is 19.4 Å². The number of hydrogen-bond donors (Lipinski definition) is 3. The van der Waals surface area contributed by atoms with Crippen LogP contribution < -0.4 is 10.6 Å². The molecular formula is C12H24N4O3. The van der Waals surface area contributed by atoms with Crippen LogP contribution in [0.5, 0.6) is 0 Å². The van der Waals surface area contributed by atoms with Gasteiger partial charge in [0.2, 0.25) is 0 Å². The molecule has 7 heteroatoms. The van der Waals surface area contributed by atoms with Crippen molar-refractivity contribution in [3.63, 3.8) is 0 Å². The molecule has 0 aromatic rings. The van der Waals surface area contributed by atoms with Gasteiger partial charge in [0.15, 0.2) is 5.66 Å². The first-order valence-electron chi connectivity index (χ1n) is 6.30. The minimum absolute atomic E-state index is 0.0912. The van der Waals surface area contributed by atoms with Crippen LogP contribution in [0.3, 0.4) is 0 Å². The second kappa shape index (κ2) is 7.06. The molecule has 0 fully saturated rings. The third-order valence-corrected chi connectivity index (χ3v) is 2.12. The highest BCUT2D eigenvalue weighted by Crippen LogP contribution is 2.18. The number of nitrogens with one attached hydrogen (secondary N) is 2. The van der Waals surface area contributed by atoms with Crippen LogP contribution >= 0.6 is 0 Å². The monoisotopic (exact) mass is 272 g/mol. The summed E-state index contributed by atoms with van der Waals surface area (Å²) in [4.78, 5) is 22.2. The summed E-state index contributed by atoms with van der Waals surface area (Å²) in [5.41, 5.74) is -1.40. The molecular weight excluding hydrogens is 248 g/mol. The van der Waals surface area contributed by atoms with E-state index in [1.165, 1.54) is 0 Å². The number of aliphatic carboxylic acids is 1. The molecule has 19 heavy (non-hydrogen) atoms. The van der Waals surface area contributed by atoms with Crippen molar-refractivity contribution in [3.8, 4) is 0 Å². The van der Waals surface area contributed by atoms with Crippen molar-refractivity contribution in [2.75, 3.05) is 6.54 Å². The Bertz CT molecular complexity index is 349. The number of azo groups is 1. The first-order valence-corrected chi connectivity index (χ1v) is 6.30. The average Bonchev–Trinajstić information content (AvgIpc) is 2.23. The third-order valence-electron chi connectivity index (χ3n) is 2.12. The molecule has 7 nitrogen and oxygen atoms in total. The highest BCUT2D eigenvalue weighted by Gasteiger charge is 2.27. The maximum atomic E-state index is 11.6. The number of rotatable bonds is 6. The summed E-state index contributed by atoms with van der Waals surface area (Å²) in [6.07, 6.45) is 0.0884. The van der Waals surface area contributed by atoms with Crippen molar-refractivity contribution >= 4 is 12.0 Å². The largest absolute Gasteiger partial charge is 0.481 e. The van der Waals surface area contributed by atoms with Gasteiger partial charge in [0.1, 0.15) is 0 Å². The van der Waals surface area contributed by atoms with Crippen LogP contribution in [0, 0.1) is 0 Å². The Morgan fingerprint density at radius 3 is 2.16 bits per heavy atom. The number of carbonyl (C=O) groups is 2. The molecule has 2 amide bonds. The number of carboxylic acid groups (broad SMARTS) is 1. The van der Waals surface area contributed by atoms with E-state index in [9.17, 15) is 9.59 Å². The van der Waals surface area contributed by atoms with Gasteiger partial charge >= 0.3 is 12.0 Å². The molecule has 0 heterocycles. The average molecular weight is 272 g/mol. The summed E-state index contributed by atoms with van der Waals surface area (Å²) in [5, 5.41) is 22.2. The standard InChI is InChI=1S/C12H24N4O3/c1-6-13-10(19)14-12(5,8-7-9(17)18)16-15-11(2,3)4/h6-8H2,1-5H3,(H,17,18)(H2,13,14,19)/b16-15+. The summed E-state index contributed by atoms with van der Waals surface area (Å²) in [7, 11) is 0. The fourth-order valence-electron chi connectivity index (χ4n) is 1.20. The number of hydrogen-bond acceptors (Lipinski definition) is 4. The summed E-state index contributed by atoms with van der Waals surface area (Å²) >= 11 is 0.